The molecule has 0 unspecified atom stereocenters. The highest BCUT2D eigenvalue weighted by atomic mass is 35.5. The minimum Gasteiger partial charge on any atom is -0.359 e. The Bertz CT molecular complexity index is 141. The highest BCUT2D eigenvalue weighted by Gasteiger charge is 1.96. The van der Waals surface area contributed by atoms with Gasteiger partial charge in [0.1, 0.15) is 0 Å². The van der Waals surface area contributed by atoms with Gasteiger partial charge in [0, 0.05) is 25.4 Å². The first-order valence-electron chi connectivity index (χ1n) is 3.81. The summed E-state index contributed by atoms with van der Waals surface area (Å²) in [6.07, 6.45) is 1.73. The van der Waals surface area contributed by atoms with E-state index in [-0.39, 0.29) is 5.91 Å². The van der Waals surface area contributed by atoms with Gasteiger partial charge in [-0.25, -0.2) is 0 Å². The van der Waals surface area contributed by atoms with Gasteiger partial charge < -0.3 is 10.6 Å². The molecule has 0 fully saturated rings. The minimum atomic E-state index is -0.0453. The molecule has 0 aromatic rings. The van der Waals surface area contributed by atoms with Crippen molar-refractivity contribution in [3.63, 3.8) is 0 Å². The van der Waals surface area contributed by atoms with E-state index in [4.69, 9.17) is 11.6 Å². The molecule has 0 heterocycles. The van der Waals surface area contributed by atoms with Crippen LogP contribution in [0.3, 0.4) is 0 Å². The van der Waals surface area contributed by atoms with Crippen molar-refractivity contribution < 1.29 is 9.59 Å². The molecule has 2 amide bonds. The molecule has 0 rings (SSSR count). The maximum atomic E-state index is 10.8. The lowest BCUT2D eigenvalue weighted by atomic mass is 10.4. The molecule has 70 valence electrons. The zero-order valence-corrected chi connectivity index (χ0v) is 7.56. The van der Waals surface area contributed by atoms with Crippen molar-refractivity contribution >= 4 is 23.9 Å². The Labute approximate surface area is 76.7 Å². The van der Waals surface area contributed by atoms with Gasteiger partial charge in [0.05, 0.1) is 0 Å². The fraction of sp³-hybridized carbons (Fsp3) is 0.714. The third kappa shape index (κ3) is 7.34. The van der Waals surface area contributed by atoms with E-state index in [0.29, 0.717) is 31.8 Å². The molecule has 0 atom stereocenters. The van der Waals surface area contributed by atoms with Crippen LogP contribution in [0.4, 0.5) is 0 Å². The van der Waals surface area contributed by atoms with Gasteiger partial charge in [0.2, 0.25) is 12.3 Å². The molecule has 0 aromatic carbocycles. The van der Waals surface area contributed by atoms with E-state index in [0.717, 1.165) is 6.42 Å². The maximum Gasteiger partial charge on any atom is 0.221 e. The van der Waals surface area contributed by atoms with E-state index in [1.54, 1.807) is 0 Å². The van der Waals surface area contributed by atoms with Gasteiger partial charge in [-0.3, -0.25) is 9.59 Å². The molecule has 2 N–H and O–H groups in total. The summed E-state index contributed by atoms with van der Waals surface area (Å²) in [5, 5.41) is 5.16. The van der Waals surface area contributed by atoms with Gasteiger partial charge in [0.15, 0.2) is 0 Å². The van der Waals surface area contributed by atoms with Gasteiger partial charge in [-0.1, -0.05) is 0 Å². The van der Waals surface area contributed by atoms with E-state index < -0.39 is 0 Å². The first kappa shape index (κ1) is 11.2. The second-order valence-corrected chi connectivity index (χ2v) is 2.59. The molecule has 0 aliphatic rings. The third-order valence-corrected chi connectivity index (χ3v) is 1.41. The van der Waals surface area contributed by atoms with Crippen LogP contribution in [0.2, 0.25) is 0 Å². The number of carbonyl (C=O) groups excluding carboxylic acids is 2. The molecular weight excluding hydrogens is 180 g/mol. The first-order chi connectivity index (χ1) is 5.81. The maximum absolute atomic E-state index is 10.8. The lowest BCUT2D eigenvalue weighted by molar-refractivity contribution is -0.120. The highest BCUT2D eigenvalue weighted by molar-refractivity contribution is 6.18. The summed E-state index contributed by atoms with van der Waals surface area (Å²) in [7, 11) is 0. The molecule has 0 saturated carbocycles. The number of amides is 2. The Kier molecular flexibility index (Phi) is 7.79. The van der Waals surface area contributed by atoms with Gasteiger partial charge in [-0.2, -0.15) is 0 Å². The second-order valence-electron chi connectivity index (χ2n) is 2.21. The summed E-state index contributed by atoms with van der Waals surface area (Å²) in [6.45, 7) is 1.17. The molecule has 0 saturated heterocycles. The average molecular weight is 193 g/mol. The van der Waals surface area contributed by atoms with E-state index in [2.05, 4.69) is 10.6 Å². The topological polar surface area (TPSA) is 58.2 Å². The fourth-order valence-corrected chi connectivity index (χ4v) is 0.823. The van der Waals surface area contributed by atoms with Crippen LogP contribution in [0.15, 0.2) is 0 Å². The monoisotopic (exact) mass is 192 g/mol. The summed E-state index contributed by atoms with van der Waals surface area (Å²) in [5.41, 5.74) is 0. The van der Waals surface area contributed by atoms with Crippen LogP contribution in [0.1, 0.15) is 12.8 Å². The van der Waals surface area contributed by atoms with Crippen molar-refractivity contribution in [1.82, 2.24) is 10.6 Å². The van der Waals surface area contributed by atoms with Gasteiger partial charge in [-0.15, -0.1) is 11.6 Å². The van der Waals surface area contributed by atoms with Crippen LogP contribution in [0.25, 0.3) is 0 Å². The third-order valence-electron chi connectivity index (χ3n) is 1.22. The summed E-state index contributed by atoms with van der Waals surface area (Å²) in [6, 6.07) is 0. The zero-order chi connectivity index (χ0) is 9.23. The molecular formula is C7H13ClN2O2. The molecule has 4 nitrogen and oxygen atoms in total. The normalized spacial score (nSPS) is 9.08. The Morgan fingerprint density at radius 1 is 1.42 bits per heavy atom. The molecule has 12 heavy (non-hydrogen) atoms. The lowest BCUT2D eigenvalue weighted by Crippen LogP contribution is -2.27. The van der Waals surface area contributed by atoms with Crippen LogP contribution in [-0.4, -0.2) is 31.3 Å². The van der Waals surface area contributed by atoms with Crippen molar-refractivity contribution in [3.8, 4) is 0 Å². The quantitative estimate of drug-likeness (QED) is 0.335. The number of rotatable bonds is 7. The molecule has 5 heteroatoms. The zero-order valence-electron chi connectivity index (χ0n) is 6.81. The van der Waals surface area contributed by atoms with Gasteiger partial charge in [-0.05, 0) is 6.42 Å². The lowest BCUT2D eigenvalue weighted by Gasteiger charge is -2.02. The summed E-state index contributed by atoms with van der Waals surface area (Å²) < 4.78 is 0. The standard InChI is InChI=1S/C7H13ClN2O2/c8-3-2-7(12)10-5-1-4-9-6-11/h6H,1-5H2,(H,9,11)(H,10,12). The van der Waals surface area contributed by atoms with E-state index >= 15 is 0 Å². The summed E-state index contributed by atoms with van der Waals surface area (Å²) in [4.78, 5) is 20.6. The highest BCUT2D eigenvalue weighted by Crippen LogP contribution is 1.83. The summed E-state index contributed by atoms with van der Waals surface area (Å²) >= 11 is 5.34. The van der Waals surface area contributed by atoms with E-state index in [1.165, 1.54) is 0 Å². The van der Waals surface area contributed by atoms with Crippen LogP contribution in [0, 0.1) is 0 Å². The van der Waals surface area contributed by atoms with Crippen LogP contribution >= 0.6 is 11.6 Å². The van der Waals surface area contributed by atoms with Crippen molar-refractivity contribution in [2.75, 3.05) is 19.0 Å². The van der Waals surface area contributed by atoms with Gasteiger partial charge >= 0.3 is 0 Å². The number of halogens is 1. The minimum absolute atomic E-state index is 0.0453. The predicted octanol–water partition coefficient (Wildman–Crippen LogP) is -0.132. The van der Waals surface area contributed by atoms with Crippen molar-refractivity contribution in [1.29, 1.82) is 0 Å². The van der Waals surface area contributed by atoms with Crippen molar-refractivity contribution in [2.45, 2.75) is 12.8 Å². The Morgan fingerprint density at radius 2 is 2.17 bits per heavy atom. The van der Waals surface area contributed by atoms with Crippen LogP contribution in [-0.2, 0) is 9.59 Å². The Hall–Kier alpha value is -0.770. The number of carbonyl (C=O) groups is 2. The number of alkyl halides is 1. The second kappa shape index (κ2) is 8.33. The SMILES string of the molecule is O=CNCCCNC(=O)CCCl. The average Bonchev–Trinajstić information content (AvgIpc) is 2.05. The Morgan fingerprint density at radius 3 is 2.75 bits per heavy atom. The molecule has 0 spiro atoms. The smallest absolute Gasteiger partial charge is 0.221 e. The number of hydrogen-bond donors (Lipinski definition) is 2. The van der Waals surface area contributed by atoms with Crippen LogP contribution in [0.5, 0.6) is 0 Å². The van der Waals surface area contributed by atoms with Gasteiger partial charge in [0.25, 0.3) is 0 Å². The predicted molar refractivity (Wildman–Crippen MR) is 47.0 cm³/mol. The fourth-order valence-electron chi connectivity index (χ4n) is 0.651. The Balaban J connectivity index is 3.08. The molecule has 0 aliphatic carbocycles. The largest absolute Gasteiger partial charge is 0.359 e. The molecule has 0 bridgehead atoms. The molecule has 0 radical (unpaired) electrons. The van der Waals surface area contributed by atoms with E-state index in [1.807, 2.05) is 0 Å². The van der Waals surface area contributed by atoms with E-state index in [9.17, 15) is 9.59 Å². The van der Waals surface area contributed by atoms with Crippen LogP contribution < -0.4 is 10.6 Å². The van der Waals surface area contributed by atoms with Crippen molar-refractivity contribution in [3.05, 3.63) is 0 Å². The van der Waals surface area contributed by atoms with Crippen molar-refractivity contribution in [2.24, 2.45) is 0 Å². The number of nitrogens with one attached hydrogen (secondary N) is 2. The molecule has 0 aliphatic heterocycles. The summed E-state index contributed by atoms with van der Waals surface area (Å²) in [5.74, 6) is 0.300. The first-order valence-corrected chi connectivity index (χ1v) is 4.34. The molecule has 0 aromatic heterocycles. The number of hydrogen-bond acceptors (Lipinski definition) is 2.